The molecule has 0 fully saturated rings. The lowest BCUT2D eigenvalue weighted by Crippen LogP contribution is -2.35. The highest BCUT2D eigenvalue weighted by Gasteiger charge is 2.44. The summed E-state index contributed by atoms with van der Waals surface area (Å²) < 4.78 is 42.7. The van der Waals surface area contributed by atoms with E-state index in [2.05, 4.69) is 80.6 Å². The van der Waals surface area contributed by atoms with Gasteiger partial charge in [0.25, 0.3) is 0 Å². The van der Waals surface area contributed by atoms with Crippen molar-refractivity contribution in [2.45, 2.75) is 24.9 Å². The van der Waals surface area contributed by atoms with Crippen LogP contribution in [0, 0.1) is 11.6 Å². The van der Waals surface area contributed by atoms with Gasteiger partial charge in [-0.15, -0.1) is 0 Å². The number of fused-ring (bicyclic) bond motifs is 11. The zero-order chi connectivity index (χ0) is 32.1. The first-order chi connectivity index (χ1) is 22.8. The number of rotatable bonds is 3. The number of halogens is 2. The largest absolute Gasteiger partial charge is 0.497 e. The molecule has 228 valence electrons. The summed E-state index contributed by atoms with van der Waals surface area (Å²) >= 11 is 0. The Bertz CT molecular complexity index is 2470. The van der Waals surface area contributed by atoms with E-state index in [9.17, 15) is 4.39 Å². The van der Waals surface area contributed by atoms with Gasteiger partial charge in [0, 0.05) is 27.5 Å². The molecule has 1 unspecified atom stereocenters. The van der Waals surface area contributed by atoms with Gasteiger partial charge in [-0.2, -0.15) is 0 Å². The van der Waals surface area contributed by atoms with Crippen molar-refractivity contribution in [1.82, 2.24) is 0 Å². The van der Waals surface area contributed by atoms with Gasteiger partial charge in [0.1, 0.15) is 23.1 Å². The van der Waals surface area contributed by atoms with Gasteiger partial charge in [0.05, 0.1) is 7.11 Å². The molecule has 0 amide bonds. The Labute approximate surface area is 271 Å². The number of hydrogen-bond donors (Lipinski definition) is 0. The molecule has 0 aromatic heterocycles. The van der Waals surface area contributed by atoms with Gasteiger partial charge in [-0.1, -0.05) is 92.7 Å². The minimum atomic E-state index is -1.03. The summed E-state index contributed by atoms with van der Waals surface area (Å²) in [5.41, 5.74) is 5.12. The third kappa shape index (κ3) is 3.88. The molecular formula is C43H30F2O2. The molecular weight excluding hydrogens is 586 g/mol. The summed E-state index contributed by atoms with van der Waals surface area (Å²) in [6.45, 7) is 4.25. The predicted octanol–water partition coefficient (Wildman–Crippen LogP) is 11.1. The highest BCUT2D eigenvalue weighted by atomic mass is 19.1. The van der Waals surface area contributed by atoms with Crippen LogP contribution in [0.25, 0.3) is 49.5 Å². The van der Waals surface area contributed by atoms with Crippen molar-refractivity contribution in [3.63, 3.8) is 0 Å². The van der Waals surface area contributed by atoms with Crippen LogP contribution < -0.4 is 9.47 Å². The lowest BCUT2D eigenvalue weighted by Gasteiger charge is -2.38. The Morgan fingerprint density at radius 2 is 1.34 bits per heavy atom. The maximum atomic E-state index is 15.1. The lowest BCUT2D eigenvalue weighted by atomic mass is 9.76. The standard InChI is InChI=1S/C43H30F2O2/c1-42(2)38-24-30(45)14-19-35(38)39-34-18-13-29(44)23-37(34)41-36(40(39)42)20-21-43(47-41,27-10-15-31(46-3)16-11-27)28-12-17-33-26(22-28)9-8-25-6-4-5-7-32(25)33/h4-24H,1-3H3. The smallest absolute Gasteiger partial charge is 0.178 e. The lowest BCUT2D eigenvalue weighted by molar-refractivity contribution is 0.163. The molecule has 0 bridgehead atoms. The van der Waals surface area contributed by atoms with Crippen LogP contribution in [0.15, 0.2) is 121 Å². The van der Waals surface area contributed by atoms with Crippen LogP contribution in [0.3, 0.4) is 0 Å². The monoisotopic (exact) mass is 616 g/mol. The van der Waals surface area contributed by atoms with Crippen LogP contribution in [0.2, 0.25) is 0 Å². The van der Waals surface area contributed by atoms with E-state index in [0.29, 0.717) is 11.1 Å². The molecule has 7 aromatic carbocycles. The first-order valence-corrected chi connectivity index (χ1v) is 15.8. The van der Waals surface area contributed by atoms with Crippen LogP contribution in [0.5, 0.6) is 11.5 Å². The first-order valence-electron chi connectivity index (χ1n) is 15.8. The molecule has 4 heteroatoms. The highest BCUT2D eigenvalue weighted by Crippen LogP contribution is 2.58. The van der Waals surface area contributed by atoms with Gasteiger partial charge in [0.15, 0.2) is 5.60 Å². The normalized spacial score (nSPS) is 17.4. The zero-order valence-corrected chi connectivity index (χ0v) is 26.2. The fourth-order valence-corrected chi connectivity index (χ4v) is 7.99. The molecule has 2 aliphatic rings. The Balaban J connectivity index is 1.34. The van der Waals surface area contributed by atoms with Crippen molar-refractivity contribution in [1.29, 1.82) is 0 Å². The van der Waals surface area contributed by atoms with Crippen molar-refractivity contribution in [2.24, 2.45) is 0 Å². The van der Waals surface area contributed by atoms with Gasteiger partial charge in [-0.25, -0.2) is 8.78 Å². The predicted molar refractivity (Wildman–Crippen MR) is 186 cm³/mol. The molecule has 1 atom stereocenters. The maximum absolute atomic E-state index is 15.1. The molecule has 2 nitrogen and oxygen atoms in total. The van der Waals surface area contributed by atoms with Crippen LogP contribution in [-0.4, -0.2) is 7.11 Å². The Kier molecular flexibility index (Phi) is 5.77. The molecule has 1 aliphatic heterocycles. The van der Waals surface area contributed by atoms with Crippen molar-refractivity contribution in [3.05, 3.63) is 161 Å². The third-order valence-electron chi connectivity index (χ3n) is 10.2. The van der Waals surface area contributed by atoms with Crippen LogP contribution in [-0.2, 0) is 11.0 Å². The minimum absolute atomic E-state index is 0.275. The number of methoxy groups -OCH3 is 1. The SMILES string of the molecule is COc1ccc(C2(c3ccc4c(ccc5ccccc54)c3)C=Cc3c4c(c5ccc(F)cc5c3O2)-c2ccc(F)cc2C4(C)C)cc1. The van der Waals surface area contributed by atoms with Crippen molar-refractivity contribution in [2.75, 3.05) is 7.11 Å². The molecule has 9 rings (SSSR count). The van der Waals surface area contributed by atoms with Gasteiger partial charge < -0.3 is 9.47 Å². The molecule has 0 saturated heterocycles. The van der Waals surface area contributed by atoms with E-state index in [1.807, 2.05) is 36.4 Å². The average Bonchev–Trinajstić information content (AvgIpc) is 3.33. The van der Waals surface area contributed by atoms with Gasteiger partial charge in [-0.3, -0.25) is 0 Å². The second-order valence-electron chi connectivity index (χ2n) is 13.1. The van der Waals surface area contributed by atoms with E-state index in [0.717, 1.165) is 60.9 Å². The van der Waals surface area contributed by atoms with Gasteiger partial charge in [-0.05, 0) is 97.7 Å². The van der Waals surface area contributed by atoms with E-state index >= 15 is 4.39 Å². The van der Waals surface area contributed by atoms with Crippen molar-refractivity contribution >= 4 is 38.4 Å². The highest BCUT2D eigenvalue weighted by molar-refractivity contribution is 6.09. The molecule has 0 saturated carbocycles. The Morgan fingerprint density at radius 3 is 2.17 bits per heavy atom. The molecule has 0 N–H and O–H groups in total. The number of benzene rings is 7. The fourth-order valence-electron chi connectivity index (χ4n) is 7.99. The van der Waals surface area contributed by atoms with E-state index in [1.165, 1.54) is 22.9 Å². The summed E-state index contributed by atoms with van der Waals surface area (Å²) in [6.07, 6.45) is 4.24. The second-order valence-corrected chi connectivity index (χ2v) is 13.1. The molecule has 7 aromatic rings. The average molecular weight is 617 g/mol. The van der Waals surface area contributed by atoms with Gasteiger partial charge in [0.2, 0.25) is 0 Å². The topological polar surface area (TPSA) is 18.5 Å². The van der Waals surface area contributed by atoms with Crippen LogP contribution in [0.1, 0.15) is 41.7 Å². The fraction of sp³-hybridized carbons (Fsp3) is 0.116. The van der Waals surface area contributed by atoms with E-state index in [1.54, 1.807) is 19.2 Å². The molecule has 1 heterocycles. The van der Waals surface area contributed by atoms with E-state index in [4.69, 9.17) is 9.47 Å². The molecule has 0 radical (unpaired) electrons. The molecule has 0 spiro atoms. The summed E-state index contributed by atoms with van der Waals surface area (Å²) in [7, 11) is 1.65. The van der Waals surface area contributed by atoms with Gasteiger partial charge >= 0.3 is 0 Å². The van der Waals surface area contributed by atoms with E-state index < -0.39 is 11.0 Å². The van der Waals surface area contributed by atoms with Crippen molar-refractivity contribution < 1.29 is 18.3 Å². The summed E-state index contributed by atoms with van der Waals surface area (Å²) in [6, 6.07) is 37.0. The Hall–Kier alpha value is -5.48. The Morgan fingerprint density at radius 1 is 0.638 bits per heavy atom. The second kappa shape index (κ2) is 9.76. The zero-order valence-electron chi connectivity index (χ0n) is 26.2. The number of ether oxygens (including phenoxy) is 2. The minimum Gasteiger partial charge on any atom is -0.497 e. The molecule has 47 heavy (non-hydrogen) atoms. The van der Waals surface area contributed by atoms with E-state index in [-0.39, 0.29) is 11.6 Å². The maximum Gasteiger partial charge on any atom is 0.178 e. The van der Waals surface area contributed by atoms with Crippen molar-refractivity contribution in [3.8, 4) is 22.6 Å². The number of hydrogen-bond acceptors (Lipinski definition) is 2. The van der Waals surface area contributed by atoms with Crippen LogP contribution in [0.4, 0.5) is 8.78 Å². The molecule has 1 aliphatic carbocycles. The quantitative estimate of drug-likeness (QED) is 0.184. The summed E-state index contributed by atoms with van der Waals surface area (Å²) in [5, 5.41) is 6.19. The van der Waals surface area contributed by atoms with Crippen LogP contribution >= 0.6 is 0 Å². The summed E-state index contributed by atoms with van der Waals surface area (Å²) in [4.78, 5) is 0. The third-order valence-corrected chi connectivity index (χ3v) is 10.2. The summed E-state index contributed by atoms with van der Waals surface area (Å²) in [5.74, 6) is 0.730. The first kappa shape index (κ1) is 27.8.